The molecule has 5 nitrogen and oxygen atoms in total. The first-order valence-corrected chi connectivity index (χ1v) is 5.25. The van der Waals surface area contributed by atoms with Gasteiger partial charge in [0.1, 0.15) is 5.69 Å². The predicted molar refractivity (Wildman–Crippen MR) is 64.3 cm³/mol. The van der Waals surface area contributed by atoms with Gasteiger partial charge in [0.15, 0.2) is 0 Å². The molecule has 0 aliphatic rings. The van der Waals surface area contributed by atoms with Crippen LogP contribution >= 0.6 is 0 Å². The molecule has 0 radical (unpaired) electrons. The molecule has 5 heteroatoms. The van der Waals surface area contributed by atoms with E-state index in [4.69, 9.17) is 5.26 Å². The largest absolute Gasteiger partial charge is 0.369 e. The second-order valence-corrected chi connectivity index (χ2v) is 3.90. The van der Waals surface area contributed by atoms with Crippen molar-refractivity contribution in [2.24, 2.45) is 7.05 Å². The van der Waals surface area contributed by atoms with E-state index in [-0.39, 0.29) is 0 Å². The van der Waals surface area contributed by atoms with Crippen molar-refractivity contribution in [1.82, 2.24) is 15.0 Å². The Balaban J connectivity index is 2.14. The van der Waals surface area contributed by atoms with Crippen molar-refractivity contribution in [1.29, 1.82) is 5.26 Å². The van der Waals surface area contributed by atoms with Gasteiger partial charge in [-0.05, 0) is 18.2 Å². The number of aryl methyl sites for hydroxylation is 1. The van der Waals surface area contributed by atoms with Crippen LogP contribution in [0.3, 0.4) is 0 Å². The summed E-state index contributed by atoms with van der Waals surface area (Å²) in [5, 5.41) is 16.8. The summed E-state index contributed by atoms with van der Waals surface area (Å²) in [6.45, 7) is 0.669. The first-order valence-electron chi connectivity index (χ1n) is 5.25. The Hall–Kier alpha value is -2.35. The lowest BCUT2D eigenvalue weighted by Crippen LogP contribution is -2.16. The van der Waals surface area contributed by atoms with Crippen LogP contribution in [0.2, 0.25) is 0 Å². The van der Waals surface area contributed by atoms with E-state index in [2.05, 4.69) is 16.4 Å². The van der Waals surface area contributed by atoms with Crippen LogP contribution in [-0.2, 0) is 13.6 Å². The maximum atomic E-state index is 8.84. The Labute approximate surface area is 99.9 Å². The van der Waals surface area contributed by atoms with Crippen LogP contribution in [0.15, 0.2) is 30.5 Å². The van der Waals surface area contributed by atoms with Crippen molar-refractivity contribution in [3.8, 4) is 6.07 Å². The van der Waals surface area contributed by atoms with Crippen molar-refractivity contribution in [3.63, 3.8) is 0 Å². The van der Waals surface area contributed by atoms with Crippen molar-refractivity contribution in [3.05, 3.63) is 41.7 Å². The number of anilines is 1. The molecule has 0 spiro atoms. The van der Waals surface area contributed by atoms with Crippen LogP contribution in [0.5, 0.6) is 0 Å². The molecule has 1 heterocycles. The summed E-state index contributed by atoms with van der Waals surface area (Å²) in [7, 11) is 3.80. The van der Waals surface area contributed by atoms with Crippen LogP contribution < -0.4 is 4.90 Å². The standard InChI is InChI=1S/C12H13N5/c1-16(8-11-9-17(2)15-14-11)12-5-3-4-10(6-12)7-13/h3-6,9H,8H2,1-2H3. The Bertz CT molecular complexity index is 552. The van der Waals surface area contributed by atoms with E-state index in [1.807, 2.05) is 43.4 Å². The van der Waals surface area contributed by atoms with E-state index < -0.39 is 0 Å². The van der Waals surface area contributed by atoms with E-state index in [9.17, 15) is 0 Å². The zero-order valence-electron chi connectivity index (χ0n) is 9.83. The minimum Gasteiger partial charge on any atom is -0.369 e. The summed E-state index contributed by atoms with van der Waals surface area (Å²) in [6.07, 6.45) is 1.88. The van der Waals surface area contributed by atoms with Gasteiger partial charge in [0.05, 0.1) is 18.2 Å². The first-order chi connectivity index (χ1) is 8.19. The van der Waals surface area contributed by atoms with Gasteiger partial charge in [-0.2, -0.15) is 5.26 Å². The van der Waals surface area contributed by atoms with Crippen LogP contribution in [0.25, 0.3) is 0 Å². The van der Waals surface area contributed by atoms with Crippen LogP contribution in [0, 0.1) is 11.3 Å². The van der Waals surface area contributed by atoms with Gasteiger partial charge in [0.25, 0.3) is 0 Å². The van der Waals surface area contributed by atoms with Gasteiger partial charge >= 0.3 is 0 Å². The second-order valence-electron chi connectivity index (χ2n) is 3.90. The predicted octanol–water partition coefficient (Wildman–Crippen LogP) is 1.32. The highest BCUT2D eigenvalue weighted by Gasteiger charge is 2.05. The van der Waals surface area contributed by atoms with Gasteiger partial charge in [0, 0.05) is 26.0 Å². The molecule has 0 bridgehead atoms. The molecule has 2 rings (SSSR count). The third-order valence-electron chi connectivity index (χ3n) is 2.47. The van der Waals surface area contributed by atoms with E-state index in [1.165, 1.54) is 0 Å². The zero-order chi connectivity index (χ0) is 12.3. The average Bonchev–Trinajstić information content (AvgIpc) is 2.75. The van der Waals surface area contributed by atoms with Crippen molar-refractivity contribution < 1.29 is 0 Å². The Kier molecular flexibility index (Phi) is 3.06. The number of nitrogens with zero attached hydrogens (tertiary/aromatic N) is 5. The fourth-order valence-corrected chi connectivity index (χ4v) is 1.61. The molecular formula is C12H13N5. The van der Waals surface area contributed by atoms with Gasteiger partial charge in [-0.25, -0.2) is 0 Å². The molecule has 17 heavy (non-hydrogen) atoms. The lowest BCUT2D eigenvalue weighted by Gasteiger charge is -2.17. The lowest BCUT2D eigenvalue weighted by molar-refractivity contribution is 0.712. The summed E-state index contributed by atoms with van der Waals surface area (Å²) >= 11 is 0. The van der Waals surface area contributed by atoms with E-state index >= 15 is 0 Å². The molecule has 0 saturated carbocycles. The zero-order valence-corrected chi connectivity index (χ0v) is 9.83. The number of benzene rings is 1. The van der Waals surface area contributed by atoms with E-state index in [0.717, 1.165) is 11.4 Å². The molecule has 0 saturated heterocycles. The Morgan fingerprint density at radius 2 is 2.29 bits per heavy atom. The molecule has 0 fully saturated rings. The number of rotatable bonds is 3. The lowest BCUT2D eigenvalue weighted by atomic mass is 10.2. The molecule has 0 N–H and O–H groups in total. The molecule has 0 aliphatic heterocycles. The van der Waals surface area contributed by atoms with Crippen LogP contribution in [0.1, 0.15) is 11.3 Å². The molecule has 0 atom stereocenters. The maximum Gasteiger partial charge on any atom is 0.102 e. The van der Waals surface area contributed by atoms with Crippen molar-refractivity contribution in [2.45, 2.75) is 6.54 Å². The van der Waals surface area contributed by atoms with E-state index in [0.29, 0.717) is 12.1 Å². The highest BCUT2D eigenvalue weighted by atomic mass is 15.4. The maximum absolute atomic E-state index is 8.84. The summed E-state index contributed by atoms with van der Waals surface area (Å²) in [4.78, 5) is 2.03. The number of aromatic nitrogens is 3. The van der Waals surface area contributed by atoms with Crippen molar-refractivity contribution in [2.75, 3.05) is 11.9 Å². The molecule has 1 aromatic carbocycles. The molecular weight excluding hydrogens is 214 g/mol. The fraction of sp³-hybridized carbons (Fsp3) is 0.250. The molecule has 86 valence electrons. The Morgan fingerprint density at radius 1 is 1.47 bits per heavy atom. The van der Waals surface area contributed by atoms with Gasteiger partial charge in [0.2, 0.25) is 0 Å². The first kappa shape index (κ1) is 11.1. The monoisotopic (exact) mass is 227 g/mol. The van der Waals surface area contributed by atoms with Crippen molar-refractivity contribution >= 4 is 5.69 Å². The summed E-state index contributed by atoms with van der Waals surface area (Å²) in [6, 6.07) is 9.63. The number of hydrogen-bond acceptors (Lipinski definition) is 4. The Morgan fingerprint density at radius 3 is 2.94 bits per heavy atom. The average molecular weight is 227 g/mol. The van der Waals surface area contributed by atoms with Gasteiger partial charge in [-0.15, -0.1) is 5.10 Å². The minimum atomic E-state index is 0.661. The number of nitriles is 1. The van der Waals surface area contributed by atoms with Crippen LogP contribution in [-0.4, -0.2) is 22.0 Å². The second kappa shape index (κ2) is 4.66. The topological polar surface area (TPSA) is 57.7 Å². The fourth-order valence-electron chi connectivity index (χ4n) is 1.61. The molecule has 0 amide bonds. The summed E-state index contributed by atoms with van der Waals surface area (Å²) in [5.74, 6) is 0. The smallest absolute Gasteiger partial charge is 0.102 e. The van der Waals surface area contributed by atoms with Gasteiger partial charge in [-0.3, -0.25) is 4.68 Å². The van der Waals surface area contributed by atoms with Crippen LogP contribution in [0.4, 0.5) is 5.69 Å². The summed E-state index contributed by atoms with van der Waals surface area (Å²) < 4.78 is 1.68. The SMILES string of the molecule is CN(Cc1cn(C)nn1)c1cccc(C#N)c1. The van der Waals surface area contributed by atoms with E-state index in [1.54, 1.807) is 10.7 Å². The minimum absolute atomic E-state index is 0.661. The third-order valence-corrected chi connectivity index (χ3v) is 2.47. The van der Waals surface area contributed by atoms with Gasteiger partial charge < -0.3 is 4.90 Å². The number of hydrogen-bond donors (Lipinski definition) is 0. The molecule has 0 unspecified atom stereocenters. The normalized spacial score (nSPS) is 9.94. The molecule has 1 aromatic heterocycles. The third kappa shape index (κ3) is 2.61. The quantitative estimate of drug-likeness (QED) is 0.793. The van der Waals surface area contributed by atoms with Gasteiger partial charge in [-0.1, -0.05) is 11.3 Å². The molecule has 2 aromatic rings. The highest BCUT2D eigenvalue weighted by Crippen LogP contribution is 2.15. The highest BCUT2D eigenvalue weighted by molar-refractivity contribution is 5.50. The summed E-state index contributed by atoms with van der Waals surface area (Å²) in [5.41, 5.74) is 2.56. The molecule has 0 aliphatic carbocycles.